The molecule has 0 unspecified atom stereocenters. The normalized spacial score (nSPS) is 22.8. The zero-order chi connectivity index (χ0) is 22.0. The molecule has 4 atom stereocenters. The van der Waals surface area contributed by atoms with Crippen LogP contribution in [0.3, 0.4) is 0 Å². The van der Waals surface area contributed by atoms with E-state index in [1.165, 1.54) is 32.9 Å². The monoisotopic (exact) mass is 414 g/mol. The van der Waals surface area contributed by atoms with E-state index in [4.69, 9.17) is 4.74 Å². The number of hydrogen-bond donors (Lipinski definition) is 1. The quantitative estimate of drug-likeness (QED) is 0.435. The highest BCUT2D eigenvalue weighted by atomic mass is 16.5. The van der Waals surface area contributed by atoms with Gasteiger partial charge in [-0.25, -0.2) is 4.79 Å². The van der Waals surface area contributed by atoms with Gasteiger partial charge >= 0.3 is 5.97 Å². The molecule has 0 aromatic heterocycles. The molecular weight excluding hydrogens is 388 g/mol. The molecule has 2 aliphatic rings. The number of hydrogen-bond acceptors (Lipinski definition) is 6. The standard InChI is InChI=1S/C22H26N2O6/c1-12(24-20(27)17-6-4-5-7-18(17)21(24)28)22(29)30-13(2)19(26)15-8-10-16(11-9-15)23-14(3)25/h8-13,17-18H,4-7H2,1-3H3,(H,23,25)/t12-,13-,17-,18-/m0/s1. The second-order valence-electron chi connectivity index (χ2n) is 7.92. The van der Waals surface area contributed by atoms with Gasteiger partial charge in [-0.2, -0.15) is 0 Å². The third kappa shape index (κ3) is 4.27. The number of amides is 3. The van der Waals surface area contributed by atoms with E-state index < -0.39 is 23.9 Å². The first-order valence-corrected chi connectivity index (χ1v) is 10.2. The number of nitrogens with zero attached hydrogens (tertiary/aromatic N) is 1. The SMILES string of the molecule is CC(=O)Nc1ccc(C(=O)[C@H](C)OC(=O)[C@H](C)N2C(=O)[C@H]3CCCC[C@@H]3C2=O)cc1. The molecule has 1 aliphatic heterocycles. The summed E-state index contributed by atoms with van der Waals surface area (Å²) >= 11 is 0. The van der Waals surface area contributed by atoms with Gasteiger partial charge in [0, 0.05) is 18.2 Å². The number of fused-ring (bicyclic) bond motifs is 1. The van der Waals surface area contributed by atoms with Crippen LogP contribution in [0.25, 0.3) is 0 Å². The first kappa shape index (κ1) is 21.7. The summed E-state index contributed by atoms with van der Waals surface area (Å²) in [6, 6.07) is 5.14. The number of esters is 1. The minimum Gasteiger partial charge on any atom is -0.453 e. The van der Waals surface area contributed by atoms with Crippen molar-refractivity contribution >= 4 is 35.2 Å². The van der Waals surface area contributed by atoms with Gasteiger partial charge in [0.15, 0.2) is 6.10 Å². The van der Waals surface area contributed by atoms with Crippen molar-refractivity contribution in [2.24, 2.45) is 11.8 Å². The van der Waals surface area contributed by atoms with Crippen molar-refractivity contribution in [2.45, 2.75) is 58.6 Å². The van der Waals surface area contributed by atoms with Crippen molar-refractivity contribution in [3.63, 3.8) is 0 Å². The minimum absolute atomic E-state index is 0.226. The predicted molar refractivity (Wildman–Crippen MR) is 107 cm³/mol. The molecule has 0 radical (unpaired) electrons. The van der Waals surface area contributed by atoms with Crippen molar-refractivity contribution in [3.05, 3.63) is 29.8 Å². The molecule has 0 bridgehead atoms. The number of carbonyl (C=O) groups is 5. The third-order valence-corrected chi connectivity index (χ3v) is 5.76. The average Bonchev–Trinajstić information content (AvgIpc) is 2.97. The Bertz CT molecular complexity index is 854. The van der Waals surface area contributed by atoms with E-state index in [1.54, 1.807) is 12.1 Å². The van der Waals surface area contributed by atoms with Gasteiger partial charge in [0.2, 0.25) is 23.5 Å². The van der Waals surface area contributed by atoms with Crippen molar-refractivity contribution in [1.29, 1.82) is 0 Å². The lowest BCUT2D eigenvalue weighted by atomic mass is 9.81. The highest BCUT2D eigenvalue weighted by molar-refractivity contribution is 6.08. The molecule has 2 fully saturated rings. The van der Waals surface area contributed by atoms with E-state index >= 15 is 0 Å². The summed E-state index contributed by atoms with van der Waals surface area (Å²) in [5, 5.41) is 2.60. The summed E-state index contributed by atoms with van der Waals surface area (Å²) in [4.78, 5) is 62.5. The Labute approximate surface area is 174 Å². The summed E-state index contributed by atoms with van der Waals surface area (Å²) in [5.74, 6) is -2.76. The van der Waals surface area contributed by atoms with Crippen LogP contribution in [0.4, 0.5) is 5.69 Å². The largest absolute Gasteiger partial charge is 0.453 e. The van der Waals surface area contributed by atoms with Gasteiger partial charge in [-0.3, -0.25) is 24.1 Å². The van der Waals surface area contributed by atoms with Gasteiger partial charge in [0.05, 0.1) is 11.8 Å². The number of rotatable bonds is 6. The molecule has 1 N–H and O–H groups in total. The van der Waals surface area contributed by atoms with E-state index in [0.29, 0.717) is 24.1 Å². The van der Waals surface area contributed by atoms with Gasteiger partial charge in [-0.05, 0) is 51.0 Å². The van der Waals surface area contributed by atoms with Gasteiger partial charge in [0.25, 0.3) is 0 Å². The maximum atomic E-state index is 12.6. The number of nitrogens with one attached hydrogen (secondary N) is 1. The third-order valence-electron chi connectivity index (χ3n) is 5.76. The molecule has 8 nitrogen and oxygen atoms in total. The fourth-order valence-corrected chi connectivity index (χ4v) is 4.16. The number of imide groups is 1. The Balaban J connectivity index is 1.63. The zero-order valence-electron chi connectivity index (χ0n) is 17.3. The number of anilines is 1. The van der Waals surface area contributed by atoms with Crippen LogP contribution in [0.2, 0.25) is 0 Å². The Morgan fingerprint density at radius 2 is 1.53 bits per heavy atom. The lowest BCUT2D eigenvalue weighted by molar-refractivity contribution is -0.159. The van der Waals surface area contributed by atoms with Crippen LogP contribution in [0.15, 0.2) is 24.3 Å². The van der Waals surface area contributed by atoms with Crippen molar-refractivity contribution < 1.29 is 28.7 Å². The van der Waals surface area contributed by atoms with Gasteiger partial charge in [-0.15, -0.1) is 0 Å². The lowest BCUT2D eigenvalue weighted by Crippen LogP contribution is -2.45. The summed E-state index contributed by atoms with van der Waals surface area (Å²) in [7, 11) is 0. The number of ether oxygens (including phenoxy) is 1. The van der Waals surface area contributed by atoms with E-state index in [9.17, 15) is 24.0 Å². The van der Waals surface area contributed by atoms with Crippen molar-refractivity contribution in [2.75, 3.05) is 5.32 Å². The van der Waals surface area contributed by atoms with Gasteiger partial charge in [0.1, 0.15) is 6.04 Å². The second kappa shape index (κ2) is 8.77. The number of carbonyl (C=O) groups excluding carboxylic acids is 5. The molecule has 1 saturated heterocycles. The second-order valence-corrected chi connectivity index (χ2v) is 7.92. The fraction of sp³-hybridized carbons (Fsp3) is 0.500. The Hall–Kier alpha value is -3.03. The molecule has 8 heteroatoms. The number of likely N-dealkylation sites (tertiary alicyclic amines) is 1. The molecule has 30 heavy (non-hydrogen) atoms. The summed E-state index contributed by atoms with van der Waals surface area (Å²) in [5.41, 5.74) is 0.862. The number of Topliss-reactive ketones (excluding diaryl/α,β-unsaturated/α-hetero) is 1. The maximum absolute atomic E-state index is 12.6. The molecule has 1 saturated carbocycles. The molecule has 0 spiro atoms. The van der Waals surface area contributed by atoms with Crippen LogP contribution in [0.5, 0.6) is 0 Å². The zero-order valence-corrected chi connectivity index (χ0v) is 17.3. The molecule has 1 heterocycles. The van der Waals surface area contributed by atoms with Crippen LogP contribution in [-0.2, 0) is 23.9 Å². The summed E-state index contributed by atoms with van der Waals surface area (Å²) < 4.78 is 5.28. The lowest BCUT2D eigenvalue weighted by Gasteiger charge is -2.23. The smallest absolute Gasteiger partial charge is 0.329 e. The molecule has 1 aromatic carbocycles. The van der Waals surface area contributed by atoms with Crippen LogP contribution < -0.4 is 5.32 Å². The molecule has 3 amide bonds. The van der Waals surface area contributed by atoms with Crippen LogP contribution in [0.1, 0.15) is 56.8 Å². The average molecular weight is 414 g/mol. The van der Waals surface area contributed by atoms with Crippen molar-refractivity contribution in [3.8, 4) is 0 Å². The predicted octanol–water partition coefficient (Wildman–Crippen LogP) is 2.32. The van der Waals surface area contributed by atoms with Crippen LogP contribution >= 0.6 is 0 Å². The number of ketones is 1. The highest BCUT2D eigenvalue weighted by Crippen LogP contribution is 2.39. The summed E-state index contributed by atoms with van der Waals surface area (Å²) in [6.07, 6.45) is 2.05. The van der Waals surface area contributed by atoms with E-state index in [-0.39, 0.29) is 29.6 Å². The summed E-state index contributed by atoms with van der Waals surface area (Å²) in [6.45, 7) is 4.28. The molecule has 160 valence electrons. The van der Waals surface area contributed by atoms with Crippen LogP contribution in [0, 0.1) is 11.8 Å². The fourth-order valence-electron chi connectivity index (χ4n) is 4.16. The Kier molecular flexibility index (Phi) is 6.34. The molecule has 1 aromatic rings. The van der Waals surface area contributed by atoms with E-state index in [2.05, 4.69) is 5.32 Å². The minimum atomic E-state index is -1.08. The molecule has 3 rings (SSSR count). The van der Waals surface area contributed by atoms with E-state index in [1.807, 2.05) is 0 Å². The first-order valence-electron chi connectivity index (χ1n) is 10.2. The molecule has 1 aliphatic carbocycles. The maximum Gasteiger partial charge on any atom is 0.329 e. The van der Waals surface area contributed by atoms with Crippen molar-refractivity contribution in [1.82, 2.24) is 4.90 Å². The Morgan fingerprint density at radius 3 is 2.03 bits per heavy atom. The van der Waals surface area contributed by atoms with E-state index in [0.717, 1.165) is 17.7 Å². The first-order chi connectivity index (χ1) is 14.2. The van der Waals surface area contributed by atoms with Gasteiger partial charge < -0.3 is 10.1 Å². The highest BCUT2D eigenvalue weighted by Gasteiger charge is 2.51. The Morgan fingerprint density at radius 1 is 1.00 bits per heavy atom. The topological polar surface area (TPSA) is 110 Å². The number of benzene rings is 1. The van der Waals surface area contributed by atoms with Crippen LogP contribution in [-0.4, -0.2) is 46.5 Å². The van der Waals surface area contributed by atoms with Gasteiger partial charge in [-0.1, -0.05) is 12.8 Å². The molecular formula is C22H26N2O6.